The Morgan fingerprint density at radius 3 is 2.63 bits per heavy atom. The van der Waals surface area contributed by atoms with E-state index in [-0.39, 0.29) is 29.2 Å². The standard InChI is InChI=1S/C17H17N3O3S4/c21-14(18-11-5-8-27(22,23)10-11)9-26-17-19-15(12-3-1-6-24-12)16(20-17)13-4-2-7-25-13/h1-4,6-7,11H,5,8-10H2,(H,18,21)(H,19,20)/t11-/m1/s1. The quantitative estimate of drug-likeness (QED) is 0.575. The molecule has 1 aliphatic heterocycles. The van der Waals surface area contributed by atoms with Crippen LogP contribution in [0.5, 0.6) is 0 Å². The predicted octanol–water partition coefficient (Wildman–Crippen LogP) is 3.26. The number of thioether (sulfide) groups is 1. The summed E-state index contributed by atoms with van der Waals surface area (Å²) in [6.07, 6.45) is 0.491. The molecule has 0 aliphatic carbocycles. The number of thiophene rings is 2. The highest BCUT2D eigenvalue weighted by Crippen LogP contribution is 2.36. The summed E-state index contributed by atoms with van der Waals surface area (Å²) in [6, 6.07) is 7.78. The van der Waals surface area contributed by atoms with Gasteiger partial charge < -0.3 is 10.3 Å². The second-order valence-electron chi connectivity index (χ2n) is 6.18. The number of nitrogens with one attached hydrogen (secondary N) is 2. The molecule has 2 N–H and O–H groups in total. The molecule has 4 heterocycles. The van der Waals surface area contributed by atoms with E-state index in [4.69, 9.17) is 0 Å². The molecule has 1 atom stereocenters. The van der Waals surface area contributed by atoms with Crippen molar-refractivity contribution >= 4 is 50.2 Å². The van der Waals surface area contributed by atoms with Crippen LogP contribution in [0.4, 0.5) is 0 Å². The predicted molar refractivity (Wildman–Crippen MR) is 111 cm³/mol. The number of hydrogen-bond acceptors (Lipinski definition) is 7. The zero-order valence-corrected chi connectivity index (χ0v) is 17.4. The van der Waals surface area contributed by atoms with Crippen molar-refractivity contribution in [3.63, 3.8) is 0 Å². The lowest BCUT2D eigenvalue weighted by molar-refractivity contribution is -0.119. The van der Waals surface area contributed by atoms with E-state index >= 15 is 0 Å². The van der Waals surface area contributed by atoms with Gasteiger partial charge >= 0.3 is 0 Å². The third-order valence-corrected chi connectivity index (χ3v) is 8.55. The van der Waals surface area contributed by atoms with Crippen LogP contribution in [0.15, 0.2) is 40.2 Å². The topological polar surface area (TPSA) is 91.9 Å². The number of imidazole rings is 1. The fourth-order valence-electron chi connectivity index (χ4n) is 2.92. The molecule has 1 aliphatic rings. The average molecular weight is 440 g/mol. The number of carbonyl (C=O) groups is 1. The van der Waals surface area contributed by atoms with E-state index < -0.39 is 9.84 Å². The van der Waals surface area contributed by atoms with E-state index in [1.807, 2.05) is 35.0 Å². The van der Waals surface area contributed by atoms with Gasteiger partial charge in [0.1, 0.15) is 5.69 Å². The Bertz CT molecular complexity index is 972. The molecule has 0 unspecified atom stereocenters. The van der Waals surface area contributed by atoms with Crippen molar-refractivity contribution in [2.24, 2.45) is 0 Å². The maximum atomic E-state index is 12.2. The van der Waals surface area contributed by atoms with E-state index in [0.717, 1.165) is 21.1 Å². The van der Waals surface area contributed by atoms with Crippen molar-refractivity contribution in [2.45, 2.75) is 17.6 Å². The van der Waals surface area contributed by atoms with Crippen LogP contribution in [0.2, 0.25) is 0 Å². The number of aromatic amines is 1. The van der Waals surface area contributed by atoms with Crippen LogP contribution < -0.4 is 5.32 Å². The van der Waals surface area contributed by atoms with Crippen molar-refractivity contribution in [2.75, 3.05) is 17.3 Å². The molecule has 1 fully saturated rings. The van der Waals surface area contributed by atoms with Gasteiger partial charge in [-0.2, -0.15) is 0 Å². The zero-order valence-electron chi connectivity index (χ0n) is 14.2. The second kappa shape index (κ2) is 7.78. The first kappa shape index (κ1) is 18.7. The number of nitrogens with zero attached hydrogens (tertiary/aromatic N) is 1. The molecule has 1 amide bonds. The Labute approximate surface area is 169 Å². The summed E-state index contributed by atoms with van der Waals surface area (Å²) >= 11 is 4.58. The van der Waals surface area contributed by atoms with Gasteiger partial charge in [-0.1, -0.05) is 23.9 Å². The van der Waals surface area contributed by atoms with Crippen LogP contribution >= 0.6 is 34.4 Å². The van der Waals surface area contributed by atoms with Gasteiger partial charge in [0.05, 0.1) is 32.7 Å². The van der Waals surface area contributed by atoms with Crippen LogP contribution in [0.1, 0.15) is 6.42 Å². The van der Waals surface area contributed by atoms with Crippen LogP contribution in [0, 0.1) is 0 Å². The highest BCUT2D eigenvalue weighted by atomic mass is 32.2. The van der Waals surface area contributed by atoms with Gasteiger partial charge in [0, 0.05) is 6.04 Å². The molecule has 142 valence electrons. The number of H-pyrrole nitrogens is 1. The molecule has 0 aromatic carbocycles. The van der Waals surface area contributed by atoms with Gasteiger partial charge in [0.2, 0.25) is 5.91 Å². The summed E-state index contributed by atoms with van der Waals surface area (Å²) in [6.45, 7) is 0. The number of aromatic nitrogens is 2. The number of carbonyl (C=O) groups excluding carboxylic acids is 1. The summed E-state index contributed by atoms with van der Waals surface area (Å²) < 4.78 is 23.0. The number of amides is 1. The first-order valence-corrected chi connectivity index (χ1v) is 12.9. The van der Waals surface area contributed by atoms with Gasteiger partial charge in [0.15, 0.2) is 15.0 Å². The van der Waals surface area contributed by atoms with Crippen LogP contribution in [0.25, 0.3) is 21.1 Å². The summed E-state index contributed by atoms with van der Waals surface area (Å²) in [7, 11) is -3.00. The normalized spacial score (nSPS) is 18.6. The molecular formula is C17H17N3O3S4. The number of hydrogen-bond donors (Lipinski definition) is 2. The summed E-state index contributed by atoms with van der Waals surface area (Å²) in [5, 5.41) is 7.51. The lowest BCUT2D eigenvalue weighted by Crippen LogP contribution is -2.36. The minimum absolute atomic E-state index is 0.0369. The summed E-state index contributed by atoms with van der Waals surface area (Å²) in [5.41, 5.74) is 1.84. The van der Waals surface area contributed by atoms with Gasteiger partial charge in [-0.15, -0.1) is 22.7 Å². The Morgan fingerprint density at radius 1 is 1.26 bits per heavy atom. The average Bonchev–Trinajstić information content (AvgIpc) is 3.40. The van der Waals surface area contributed by atoms with Gasteiger partial charge in [0.25, 0.3) is 0 Å². The molecular weight excluding hydrogens is 422 g/mol. The molecule has 0 saturated carbocycles. The monoisotopic (exact) mass is 439 g/mol. The summed E-state index contributed by atoms with van der Waals surface area (Å²) in [4.78, 5) is 22.3. The fraction of sp³-hybridized carbons (Fsp3) is 0.294. The van der Waals surface area contributed by atoms with Crippen LogP contribution in [0.3, 0.4) is 0 Å². The van der Waals surface area contributed by atoms with E-state index in [0.29, 0.717) is 11.6 Å². The summed E-state index contributed by atoms with van der Waals surface area (Å²) in [5.74, 6) is 0.207. The third kappa shape index (κ3) is 4.45. The molecule has 0 radical (unpaired) electrons. The number of sulfone groups is 1. The van der Waals surface area contributed by atoms with E-state index in [2.05, 4.69) is 15.3 Å². The highest BCUT2D eigenvalue weighted by Gasteiger charge is 2.29. The van der Waals surface area contributed by atoms with Crippen molar-refractivity contribution in [1.82, 2.24) is 15.3 Å². The maximum Gasteiger partial charge on any atom is 0.230 e. The molecule has 10 heteroatoms. The van der Waals surface area contributed by atoms with E-state index in [9.17, 15) is 13.2 Å². The lowest BCUT2D eigenvalue weighted by Gasteiger charge is -2.09. The van der Waals surface area contributed by atoms with Gasteiger partial charge in [-0.05, 0) is 29.3 Å². The molecule has 1 saturated heterocycles. The Hall–Kier alpha value is -1.62. The van der Waals surface area contributed by atoms with Crippen molar-refractivity contribution in [3.8, 4) is 21.1 Å². The van der Waals surface area contributed by atoms with E-state index in [1.165, 1.54) is 11.8 Å². The minimum atomic E-state index is -3.00. The van der Waals surface area contributed by atoms with Crippen molar-refractivity contribution in [1.29, 1.82) is 0 Å². The molecule has 6 nitrogen and oxygen atoms in total. The van der Waals surface area contributed by atoms with Crippen molar-refractivity contribution < 1.29 is 13.2 Å². The lowest BCUT2D eigenvalue weighted by atomic mass is 10.2. The molecule has 3 aromatic rings. The Morgan fingerprint density at radius 2 is 2.00 bits per heavy atom. The molecule has 0 spiro atoms. The zero-order chi connectivity index (χ0) is 18.9. The molecule has 3 aromatic heterocycles. The minimum Gasteiger partial charge on any atom is -0.352 e. The Balaban J connectivity index is 1.45. The fourth-order valence-corrected chi connectivity index (χ4v) is 6.72. The van der Waals surface area contributed by atoms with E-state index in [1.54, 1.807) is 22.7 Å². The van der Waals surface area contributed by atoms with Crippen LogP contribution in [-0.2, 0) is 14.6 Å². The number of rotatable bonds is 6. The molecule has 0 bridgehead atoms. The largest absolute Gasteiger partial charge is 0.352 e. The first-order chi connectivity index (χ1) is 13.0. The smallest absolute Gasteiger partial charge is 0.230 e. The van der Waals surface area contributed by atoms with Crippen LogP contribution in [-0.4, -0.2) is 47.6 Å². The second-order valence-corrected chi connectivity index (χ2v) is 11.3. The molecule has 27 heavy (non-hydrogen) atoms. The SMILES string of the molecule is O=C(CSc1nc(-c2cccs2)c(-c2cccs2)[nH]1)N[C@@H]1CCS(=O)(=O)C1. The highest BCUT2D eigenvalue weighted by molar-refractivity contribution is 7.99. The third-order valence-electron chi connectivity index (χ3n) is 4.14. The van der Waals surface area contributed by atoms with Gasteiger partial charge in [-0.3, -0.25) is 4.79 Å². The van der Waals surface area contributed by atoms with Gasteiger partial charge in [-0.25, -0.2) is 13.4 Å². The molecule has 4 rings (SSSR count). The van der Waals surface area contributed by atoms with Crippen molar-refractivity contribution in [3.05, 3.63) is 35.0 Å². The first-order valence-electron chi connectivity index (χ1n) is 8.30. The Kier molecular flexibility index (Phi) is 5.40. The maximum absolute atomic E-state index is 12.2.